The van der Waals surface area contributed by atoms with Gasteiger partial charge < -0.3 is 9.47 Å². The number of nitrogens with zero attached hydrogens (tertiary/aromatic N) is 1. The van der Waals surface area contributed by atoms with Crippen molar-refractivity contribution in [1.82, 2.24) is 4.98 Å². The first-order valence-corrected chi connectivity index (χ1v) is 9.77. The summed E-state index contributed by atoms with van der Waals surface area (Å²) in [5.41, 5.74) is 1.77. The van der Waals surface area contributed by atoms with Gasteiger partial charge in [0, 0.05) is 16.0 Å². The van der Waals surface area contributed by atoms with Crippen LogP contribution in [0, 0.1) is 0 Å². The molecule has 2 aromatic carbocycles. The highest BCUT2D eigenvalue weighted by Crippen LogP contribution is 2.26. The van der Waals surface area contributed by atoms with Crippen LogP contribution in [0.3, 0.4) is 0 Å². The van der Waals surface area contributed by atoms with Crippen LogP contribution in [0.25, 0.3) is 11.3 Å². The van der Waals surface area contributed by atoms with Crippen LogP contribution in [-0.2, 0) is 4.79 Å². The van der Waals surface area contributed by atoms with E-state index in [9.17, 15) is 4.79 Å². The van der Waals surface area contributed by atoms with Gasteiger partial charge in [0.25, 0.3) is 5.91 Å². The molecule has 1 amide bonds. The van der Waals surface area contributed by atoms with E-state index in [0.29, 0.717) is 22.5 Å². The number of hydrogen-bond acceptors (Lipinski definition) is 5. The number of carbonyl (C=O) groups excluding carboxylic acids is 1. The normalized spacial score (nSPS) is 10.4. The van der Waals surface area contributed by atoms with Gasteiger partial charge in [-0.2, -0.15) is 0 Å². The Hall–Kier alpha value is -2.57. The zero-order valence-electron chi connectivity index (χ0n) is 14.8. The average molecular weight is 403 g/mol. The second-order valence-corrected chi connectivity index (χ2v) is 7.00. The number of carbonyl (C=O) groups is 1. The highest BCUT2D eigenvalue weighted by molar-refractivity contribution is 7.14. The summed E-state index contributed by atoms with van der Waals surface area (Å²) >= 11 is 7.18. The van der Waals surface area contributed by atoms with Gasteiger partial charge in [0.1, 0.15) is 11.5 Å². The molecule has 0 bridgehead atoms. The number of nitrogens with one attached hydrogen (secondary N) is 1. The van der Waals surface area contributed by atoms with Crippen molar-refractivity contribution >= 4 is 34.0 Å². The SMILES string of the molecule is CCCOc1ccc(-c2csc(NC(=O)COc3ccc(Cl)cc3)n2)cc1. The Balaban J connectivity index is 1.54. The summed E-state index contributed by atoms with van der Waals surface area (Å²) in [4.78, 5) is 16.5. The van der Waals surface area contributed by atoms with E-state index in [1.807, 2.05) is 29.6 Å². The average Bonchev–Trinajstić information content (AvgIpc) is 3.14. The van der Waals surface area contributed by atoms with E-state index in [0.717, 1.165) is 23.4 Å². The fourth-order valence-corrected chi connectivity index (χ4v) is 3.10. The lowest BCUT2D eigenvalue weighted by Gasteiger charge is -2.06. The number of ether oxygens (including phenoxy) is 2. The van der Waals surface area contributed by atoms with E-state index in [1.54, 1.807) is 24.3 Å². The van der Waals surface area contributed by atoms with Crippen LogP contribution in [0.15, 0.2) is 53.9 Å². The minimum absolute atomic E-state index is 0.0972. The number of hydrogen-bond donors (Lipinski definition) is 1. The molecule has 1 heterocycles. The van der Waals surface area contributed by atoms with Crippen molar-refractivity contribution in [3.63, 3.8) is 0 Å². The van der Waals surface area contributed by atoms with Gasteiger partial charge in [0.2, 0.25) is 0 Å². The van der Waals surface area contributed by atoms with Crippen LogP contribution in [0.5, 0.6) is 11.5 Å². The number of amides is 1. The first-order chi connectivity index (χ1) is 13.1. The molecule has 0 fully saturated rings. The van der Waals surface area contributed by atoms with E-state index in [2.05, 4.69) is 17.2 Å². The number of thiazole rings is 1. The summed E-state index contributed by atoms with van der Waals surface area (Å²) in [6.07, 6.45) is 0.971. The molecule has 1 N–H and O–H groups in total. The molecule has 27 heavy (non-hydrogen) atoms. The van der Waals surface area contributed by atoms with Gasteiger partial charge >= 0.3 is 0 Å². The molecule has 7 heteroatoms. The Bertz CT molecular complexity index is 879. The van der Waals surface area contributed by atoms with Crippen molar-refractivity contribution in [3.05, 3.63) is 58.9 Å². The zero-order chi connectivity index (χ0) is 19.1. The summed E-state index contributed by atoms with van der Waals surface area (Å²) in [5.74, 6) is 1.15. The Morgan fingerprint density at radius 3 is 2.44 bits per heavy atom. The number of anilines is 1. The van der Waals surface area contributed by atoms with Crippen molar-refractivity contribution in [3.8, 4) is 22.8 Å². The Kier molecular flexibility index (Phi) is 6.68. The van der Waals surface area contributed by atoms with Crippen molar-refractivity contribution in [2.45, 2.75) is 13.3 Å². The standard InChI is InChI=1S/C20H19ClN2O3S/c1-2-11-25-16-7-3-14(4-8-16)18-13-27-20(22-18)23-19(24)12-26-17-9-5-15(21)6-10-17/h3-10,13H,2,11-12H2,1H3,(H,22,23,24). The molecule has 1 aromatic heterocycles. The van der Waals surface area contributed by atoms with Gasteiger partial charge in [-0.25, -0.2) is 4.98 Å². The number of aromatic nitrogens is 1. The van der Waals surface area contributed by atoms with Gasteiger partial charge in [-0.05, 0) is 55.0 Å². The lowest BCUT2D eigenvalue weighted by molar-refractivity contribution is -0.118. The van der Waals surface area contributed by atoms with Gasteiger partial charge in [0.05, 0.1) is 12.3 Å². The molecule has 0 radical (unpaired) electrons. The third kappa shape index (κ3) is 5.70. The summed E-state index contributed by atoms with van der Waals surface area (Å²) in [7, 11) is 0. The maximum atomic E-state index is 12.0. The molecule has 0 aliphatic heterocycles. The van der Waals surface area contributed by atoms with Crippen LogP contribution in [0.4, 0.5) is 5.13 Å². The molecular weight excluding hydrogens is 384 g/mol. The van der Waals surface area contributed by atoms with Gasteiger partial charge in [-0.1, -0.05) is 18.5 Å². The molecule has 5 nitrogen and oxygen atoms in total. The Morgan fingerprint density at radius 2 is 1.74 bits per heavy atom. The van der Waals surface area contributed by atoms with Gasteiger partial charge in [-0.3, -0.25) is 10.1 Å². The maximum absolute atomic E-state index is 12.0. The predicted molar refractivity (Wildman–Crippen MR) is 109 cm³/mol. The van der Waals surface area contributed by atoms with E-state index in [4.69, 9.17) is 21.1 Å². The maximum Gasteiger partial charge on any atom is 0.264 e. The first kappa shape index (κ1) is 19.2. The fourth-order valence-electron chi connectivity index (χ4n) is 2.24. The number of halogens is 1. The van der Waals surface area contributed by atoms with Crippen LogP contribution in [0.1, 0.15) is 13.3 Å². The van der Waals surface area contributed by atoms with Crippen molar-refractivity contribution in [2.75, 3.05) is 18.5 Å². The molecule has 0 saturated carbocycles. The first-order valence-electron chi connectivity index (χ1n) is 8.51. The van der Waals surface area contributed by atoms with Crippen molar-refractivity contribution in [1.29, 1.82) is 0 Å². The van der Waals surface area contributed by atoms with E-state index in [1.165, 1.54) is 11.3 Å². The molecule has 0 aliphatic carbocycles. The topological polar surface area (TPSA) is 60.5 Å². The molecule has 0 aliphatic rings. The molecule has 3 rings (SSSR count). The highest BCUT2D eigenvalue weighted by atomic mass is 35.5. The van der Waals surface area contributed by atoms with E-state index in [-0.39, 0.29) is 12.5 Å². The predicted octanol–water partition coefficient (Wildman–Crippen LogP) is 5.27. The highest BCUT2D eigenvalue weighted by Gasteiger charge is 2.09. The fraction of sp³-hybridized carbons (Fsp3) is 0.200. The second-order valence-electron chi connectivity index (χ2n) is 5.70. The van der Waals surface area contributed by atoms with E-state index < -0.39 is 0 Å². The minimum atomic E-state index is -0.269. The zero-order valence-corrected chi connectivity index (χ0v) is 16.3. The molecule has 3 aromatic rings. The lowest BCUT2D eigenvalue weighted by atomic mass is 10.2. The molecule has 0 spiro atoms. The Labute approximate surface area is 166 Å². The monoisotopic (exact) mass is 402 g/mol. The minimum Gasteiger partial charge on any atom is -0.494 e. The summed E-state index contributed by atoms with van der Waals surface area (Å²) < 4.78 is 11.0. The molecule has 0 saturated heterocycles. The molecule has 0 unspecified atom stereocenters. The molecule has 140 valence electrons. The smallest absolute Gasteiger partial charge is 0.264 e. The summed E-state index contributed by atoms with van der Waals surface area (Å²) in [5, 5.41) is 5.79. The van der Waals surface area contributed by atoms with Crippen LogP contribution < -0.4 is 14.8 Å². The van der Waals surface area contributed by atoms with Gasteiger partial charge in [0.15, 0.2) is 11.7 Å². The number of rotatable bonds is 8. The van der Waals surface area contributed by atoms with Crippen LogP contribution >= 0.6 is 22.9 Å². The number of benzene rings is 2. The third-order valence-corrected chi connectivity index (χ3v) is 4.57. The summed E-state index contributed by atoms with van der Waals surface area (Å²) in [6, 6.07) is 14.6. The van der Waals surface area contributed by atoms with Crippen molar-refractivity contribution < 1.29 is 14.3 Å². The quantitative estimate of drug-likeness (QED) is 0.557. The third-order valence-electron chi connectivity index (χ3n) is 3.56. The molecular formula is C20H19ClN2O3S. The largest absolute Gasteiger partial charge is 0.494 e. The second kappa shape index (κ2) is 9.39. The van der Waals surface area contributed by atoms with Gasteiger partial charge in [-0.15, -0.1) is 11.3 Å². The summed E-state index contributed by atoms with van der Waals surface area (Å²) in [6.45, 7) is 2.67. The van der Waals surface area contributed by atoms with E-state index >= 15 is 0 Å². The van der Waals surface area contributed by atoms with Crippen LogP contribution in [-0.4, -0.2) is 24.1 Å². The van der Waals surface area contributed by atoms with Crippen molar-refractivity contribution in [2.24, 2.45) is 0 Å². The Morgan fingerprint density at radius 1 is 1.07 bits per heavy atom. The van der Waals surface area contributed by atoms with Crippen LogP contribution in [0.2, 0.25) is 5.02 Å². The molecule has 0 atom stereocenters. The lowest BCUT2D eigenvalue weighted by Crippen LogP contribution is -2.20.